The first-order chi connectivity index (χ1) is 38.8. The number of carbonyl (C=O) groups excluding carboxylic acids is 1. The van der Waals surface area contributed by atoms with Crippen LogP contribution in [0.5, 0.6) is 0 Å². The molecule has 2 aliphatic heterocycles. The topological polar surface area (TPSA) is 183 Å². The minimum atomic E-state index is -3.39. The van der Waals surface area contributed by atoms with E-state index in [1.807, 2.05) is 103 Å². The summed E-state index contributed by atoms with van der Waals surface area (Å²) in [6, 6.07) is 50.3. The highest BCUT2D eigenvalue weighted by Crippen LogP contribution is 2.43. The van der Waals surface area contributed by atoms with Crippen LogP contribution in [0.2, 0.25) is 10.1 Å². The van der Waals surface area contributed by atoms with Gasteiger partial charge >= 0.3 is 11.4 Å². The summed E-state index contributed by atoms with van der Waals surface area (Å²) in [5, 5.41) is 6.49. The number of nitrogens with one attached hydrogen (secondary N) is 2. The molecule has 0 bridgehead atoms. The Balaban J connectivity index is 1.06. The molecule has 4 heterocycles. The van der Waals surface area contributed by atoms with Gasteiger partial charge in [0.1, 0.15) is 31.3 Å². The largest absolute Gasteiger partial charge is 0.405 e. The number of aryl methyl sites for hydroxylation is 2. The Morgan fingerprint density at radius 3 is 1.68 bits per heavy atom. The Bertz CT molecular complexity index is 3410. The van der Waals surface area contributed by atoms with Gasteiger partial charge in [-0.1, -0.05) is 193 Å². The second kappa shape index (κ2) is 24.7. The fraction of sp³-hybridized carbons (Fsp3) is 0.381. The third-order valence-electron chi connectivity index (χ3n) is 15.9. The highest BCUT2D eigenvalue weighted by molar-refractivity contribution is 7.00. The van der Waals surface area contributed by atoms with Gasteiger partial charge in [-0.3, -0.25) is 28.5 Å². The Morgan fingerprint density at radius 1 is 0.654 bits per heavy atom. The lowest BCUT2D eigenvalue weighted by molar-refractivity contribution is -0.123. The van der Waals surface area contributed by atoms with Crippen LogP contribution in [0.3, 0.4) is 0 Å². The van der Waals surface area contributed by atoms with E-state index in [2.05, 4.69) is 100 Å². The van der Waals surface area contributed by atoms with Gasteiger partial charge in [0.2, 0.25) is 5.91 Å². The van der Waals surface area contributed by atoms with Gasteiger partial charge in [0.05, 0.1) is 19.3 Å². The van der Waals surface area contributed by atoms with Crippen LogP contribution >= 0.6 is 0 Å². The van der Waals surface area contributed by atoms with E-state index >= 15 is 0 Å². The minimum Gasteiger partial charge on any atom is -0.405 e. The van der Waals surface area contributed by atoms with Crippen LogP contribution in [0.25, 0.3) is 0 Å². The number of carbonyl (C=O) groups is 1. The van der Waals surface area contributed by atoms with Crippen molar-refractivity contribution in [1.82, 2.24) is 24.0 Å². The Kier molecular flexibility index (Phi) is 17.9. The molecule has 9 rings (SSSR count). The van der Waals surface area contributed by atoms with Gasteiger partial charge in [-0.15, -0.1) is 0 Å². The molecule has 2 N–H and O–H groups in total. The zero-order valence-corrected chi connectivity index (χ0v) is 49.7. The standard InChI is InChI=1S/C63H75N5O11Si2/c1-43-38-66(60(72)65-57(43)70)54-36-46(52(77-54)41-76-80(62(3,4)5,47-27-17-11-18-28-47)48-29-19-12-20-30-48)35-53(69)64-37-51-55(79-81(63(6,7)8,49-31-21-13-22-32-49)50-33-23-14-24-34-50)56(74-9)59(78-51)67-39-44(2)58(71)68(61(67)73)42-75-40-45-25-15-10-16-26-45/h10-34,38-39,46,51-52,54-56,59H,35-37,40-42H2,1-9H3,(H,64,69)(H,65,70,72)/t46-,51+,52+,54?,55?,56?,59?/m0/s1. The number of rotatable bonds is 20. The molecule has 0 aliphatic carbocycles. The monoisotopic (exact) mass is 1130 g/mol. The lowest BCUT2D eigenvalue weighted by atomic mass is 9.96. The number of nitrogens with zero attached hydrogens (tertiary/aromatic N) is 3. The number of aromatic nitrogens is 4. The number of amides is 1. The third-order valence-corrected chi connectivity index (χ3v) is 25.9. The second-order valence-electron chi connectivity index (χ2n) is 23.3. The Morgan fingerprint density at radius 2 is 1.16 bits per heavy atom. The summed E-state index contributed by atoms with van der Waals surface area (Å²) in [6.07, 6.45) is -2.14. The number of hydrogen-bond acceptors (Lipinski definition) is 11. The van der Waals surface area contributed by atoms with Crippen molar-refractivity contribution in [2.45, 2.75) is 129 Å². The van der Waals surface area contributed by atoms with E-state index in [-0.39, 0.29) is 55.8 Å². The smallest absolute Gasteiger partial charge is 0.335 e. The zero-order valence-electron chi connectivity index (χ0n) is 47.7. The molecule has 16 nitrogen and oxygen atoms in total. The number of aromatic amines is 1. The molecule has 5 aromatic carbocycles. The van der Waals surface area contributed by atoms with E-state index in [1.165, 1.54) is 21.5 Å². The van der Waals surface area contributed by atoms with E-state index in [0.29, 0.717) is 5.56 Å². The molecule has 2 saturated heterocycles. The van der Waals surface area contributed by atoms with Gasteiger partial charge in [0.15, 0.2) is 6.23 Å². The molecule has 0 spiro atoms. The predicted molar refractivity (Wildman–Crippen MR) is 317 cm³/mol. The van der Waals surface area contributed by atoms with Crippen molar-refractivity contribution in [1.29, 1.82) is 0 Å². The van der Waals surface area contributed by atoms with E-state index < -0.39 is 87.0 Å². The van der Waals surface area contributed by atoms with Gasteiger partial charge in [0, 0.05) is 49.5 Å². The first kappa shape index (κ1) is 58.8. The van der Waals surface area contributed by atoms with E-state index in [0.717, 1.165) is 30.9 Å². The molecule has 81 heavy (non-hydrogen) atoms. The van der Waals surface area contributed by atoms with Crippen molar-refractivity contribution < 1.29 is 32.6 Å². The van der Waals surface area contributed by atoms with Crippen molar-refractivity contribution in [3.05, 3.63) is 222 Å². The summed E-state index contributed by atoms with van der Waals surface area (Å²) in [5.74, 6) is -0.792. The molecule has 18 heteroatoms. The summed E-state index contributed by atoms with van der Waals surface area (Å²) in [7, 11) is -4.95. The number of H-pyrrole nitrogens is 1. The van der Waals surface area contributed by atoms with Gasteiger partial charge in [-0.05, 0) is 56.7 Å². The van der Waals surface area contributed by atoms with Crippen LogP contribution in [0.15, 0.2) is 183 Å². The molecule has 2 aromatic heterocycles. The summed E-state index contributed by atoms with van der Waals surface area (Å²) in [4.78, 5) is 71.7. The van der Waals surface area contributed by atoms with Gasteiger partial charge in [-0.2, -0.15) is 0 Å². The van der Waals surface area contributed by atoms with Crippen LogP contribution in [0.4, 0.5) is 0 Å². The summed E-state index contributed by atoms with van der Waals surface area (Å²) in [6.45, 7) is 16.2. The molecule has 426 valence electrons. The number of hydrogen-bond donors (Lipinski definition) is 2. The molecule has 1 amide bonds. The Labute approximate surface area is 474 Å². The molecule has 0 radical (unpaired) electrons. The highest BCUT2D eigenvalue weighted by atomic mass is 28.4. The van der Waals surface area contributed by atoms with Crippen LogP contribution in [-0.4, -0.2) is 85.9 Å². The lowest BCUT2D eigenvalue weighted by Crippen LogP contribution is -2.69. The summed E-state index contributed by atoms with van der Waals surface area (Å²) >= 11 is 0. The maximum Gasteiger partial charge on any atom is 0.335 e. The molecule has 7 atom stereocenters. The summed E-state index contributed by atoms with van der Waals surface area (Å²) < 4.78 is 45.2. The molecular weight excluding hydrogens is 1060 g/mol. The fourth-order valence-electron chi connectivity index (χ4n) is 11.9. The van der Waals surface area contributed by atoms with Crippen molar-refractivity contribution in [3.63, 3.8) is 0 Å². The van der Waals surface area contributed by atoms with Crippen LogP contribution in [-0.2, 0) is 45.9 Å². The average Bonchev–Trinajstić information content (AvgIpc) is 4.27. The second-order valence-corrected chi connectivity index (χ2v) is 31.9. The normalized spacial score (nSPS) is 20.6. The molecule has 4 unspecified atom stereocenters. The zero-order chi connectivity index (χ0) is 57.7. The summed E-state index contributed by atoms with van der Waals surface area (Å²) in [5.41, 5.74) is -0.787. The maximum absolute atomic E-state index is 14.9. The van der Waals surface area contributed by atoms with Crippen LogP contribution in [0, 0.1) is 19.8 Å². The lowest BCUT2D eigenvalue weighted by Gasteiger charge is -2.46. The quantitative estimate of drug-likeness (QED) is 0.0830. The molecule has 0 saturated carbocycles. The predicted octanol–water partition coefficient (Wildman–Crippen LogP) is 6.20. The van der Waals surface area contributed by atoms with Gasteiger partial charge in [0.25, 0.3) is 27.8 Å². The van der Waals surface area contributed by atoms with Crippen LogP contribution in [0.1, 0.15) is 83.5 Å². The van der Waals surface area contributed by atoms with Gasteiger partial charge in [-0.25, -0.2) is 14.2 Å². The minimum absolute atomic E-state index is 0.0287. The number of benzene rings is 5. The average molecular weight is 1130 g/mol. The number of ether oxygens (including phenoxy) is 4. The van der Waals surface area contributed by atoms with E-state index in [4.69, 9.17) is 27.8 Å². The first-order valence-corrected chi connectivity index (χ1v) is 31.5. The molecule has 7 aromatic rings. The van der Waals surface area contributed by atoms with E-state index in [1.54, 1.807) is 21.0 Å². The SMILES string of the molecule is COC1C(O[Si](c2ccccc2)(c2ccccc2)C(C)(C)C)[C@@H](CNC(=O)C[C@H]2CC(n3cc(C)c(=O)[nH]c3=O)O[C@@H]2CO[Si](c2ccccc2)(c2ccccc2)C(C)(C)C)OC1n1cc(C)c(=O)n(COCc2ccccc2)c1=O. The molecule has 2 aliphatic rings. The van der Waals surface area contributed by atoms with Crippen molar-refractivity contribution in [2.75, 3.05) is 20.3 Å². The first-order valence-electron chi connectivity index (χ1n) is 27.7. The van der Waals surface area contributed by atoms with E-state index in [9.17, 15) is 24.0 Å². The van der Waals surface area contributed by atoms with Crippen molar-refractivity contribution in [2.24, 2.45) is 5.92 Å². The van der Waals surface area contributed by atoms with Crippen molar-refractivity contribution >= 4 is 43.3 Å². The number of methoxy groups -OCH3 is 1. The maximum atomic E-state index is 14.9. The van der Waals surface area contributed by atoms with Gasteiger partial charge < -0.3 is 33.1 Å². The molecular formula is C63H75N5O11Si2. The van der Waals surface area contributed by atoms with Crippen LogP contribution < -0.4 is 48.6 Å². The Hall–Kier alpha value is -6.88. The third kappa shape index (κ3) is 12.1. The highest BCUT2D eigenvalue weighted by Gasteiger charge is 2.57. The molecule has 2 fully saturated rings. The fourth-order valence-corrected chi connectivity index (χ4v) is 21.2. The van der Waals surface area contributed by atoms with Crippen molar-refractivity contribution in [3.8, 4) is 0 Å².